The van der Waals surface area contributed by atoms with Crippen molar-refractivity contribution in [2.75, 3.05) is 55.7 Å². The Balaban J connectivity index is 0.00000268. The molecule has 2 aliphatic carbocycles. The molecule has 48 heavy (non-hydrogen) atoms. The molecule has 7 heteroatoms. The number of benzene rings is 2. The van der Waals surface area contributed by atoms with Gasteiger partial charge < -0.3 is 40.7 Å². The van der Waals surface area contributed by atoms with E-state index in [1.54, 1.807) is 22.3 Å². The lowest BCUT2D eigenvalue weighted by atomic mass is 9.52. The number of quaternary nitrogens is 1. The van der Waals surface area contributed by atoms with Gasteiger partial charge in [0.15, 0.2) is 0 Å². The lowest BCUT2D eigenvalue weighted by Crippen LogP contribution is -3.00. The van der Waals surface area contributed by atoms with Crippen LogP contribution >= 0.6 is 0 Å². The number of ether oxygens (including phenoxy) is 2. The fraction of sp³-hybridized carbons (Fsp3) is 0.561. The van der Waals surface area contributed by atoms with Crippen LogP contribution in [0.25, 0.3) is 0 Å². The topological polar surface area (TPSA) is 28.2 Å². The molecule has 2 spiro atoms. The average molecular weight is 706 g/mol. The first kappa shape index (κ1) is 28.3. The van der Waals surface area contributed by atoms with Crippen LogP contribution in [0, 0.1) is 23.7 Å². The van der Waals surface area contributed by atoms with Gasteiger partial charge in [0.2, 0.25) is 0 Å². The number of hydrogen-bond donors (Lipinski definition) is 0. The van der Waals surface area contributed by atoms with Gasteiger partial charge in [0.1, 0.15) is 25.0 Å². The largest absolute Gasteiger partial charge is 1.00 e. The Kier molecular flexibility index (Phi) is 5.35. The zero-order valence-electron chi connectivity index (χ0n) is 27.6. The van der Waals surface area contributed by atoms with Gasteiger partial charge >= 0.3 is 0 Å². The molecule has 6 nitrogen and oxygen atoms in total. The Morgan fingerprint density at radius 3 is 2.19 bits per heavy atom. The predicted molar refractivity (Wildman–Crippen MR) is 181 cm³/mol. The molecule has 4 bridgehead atoms. The Labute approximate surface area is 294 Å². The van der Waals surface area contributed by atoms with Crippen LogP contribution in [-0.4, -0.2) is 91.9 Å². The Bertz CT molecular complexity index is 1860. The van der Waals surface area contributed by atoms with Gasteiger partial charge in [-0.3, -0.25) is 4.90 Å². The minimum absolute atomic E-state index is 0. The molecule has 1 unspecified atom stereocenters. The summed E-state index contributed by atoms with van der Waals surface area (Å²) in [5.74, 6) is 1.88. The van der Waals surface area contributed by atoms with Gasteiger partial charge in [-0.25, -0.2) is 0 Å². The third-order valence-electron chi connectivity index (χ3n) is 16.5. The molecule has 2 saturated carbocycles. The minimum Gasteiger partial charge on any atom is -1.00 e. The summed E-state index contributed by atoms with van der Waals surface area (Å²) >= 11 is 0. The molecule has 13 atom stereocenters. The van der Waals surface area contributed by atoms with E-state index in [1.807, 2.05) is 0 Å². The van der Waals surface area contributed by atoms with E-state index >= 15 is 0 Å². The molecular formula is C41H45BrN4O2. The molecule has 13 rings (SSSR count). The van der Waals surface area contributed by atoms with Crippen LogP contribution in [0.3, 0.4) is 0 Å². The van der Waals surface area contributed by atoms with Gasteiger partial charge in [-0.1, -0.05) is 60.7 Å². The van der Waals surface area contributed by atoms with Crippen molar-refractivity contribution >= 4 is 11.4 Å². The molecule has 0 radical (unpaired) electrons. The van der Waals surface area contributed by atoms with E-state index in [1.165, 1.54) is 61.2 Å². The Morgan fingerprint density at radius 2 is 1.46 bits per heavy atom. The van der Waals surface area contributed by atoms with Crippen molar-refractivity contribution in [3.63, 3.8) is 0 Å². The van der Waals surface area contributed by atoms with E-state index in [2.05, 4.69) is 88.0 Å². The first-order chi connectivity index (χ1) is 23.2. The highest BCUT2D eigenvalue weighted by Crippen LogP contribution is 2.71. The number of hydrogen-bond acceptors (Lipinski definition) is 5. The molecule has 7 fully saturated rings. The standard InChI is InChI=1S/C41H45N4O2.BrH/c1-2-16-45-17-14-41-29-8-4-6-10-31(29)44-37(41)35-27(21-33(41)45)25(23-45)12-19-47-39(35)43-30-9-5-3-7-28(30)40-13-15-42-22-24-11-18-46-38(44)34(36(40)43)26(24)20-32(40)42;/h2-12,26-27,32-39H,1,13-23H2;1H/q+1;/p-1/t26-,27-,32-,33-,34+,35+,36-,37-,38+,39+,40+,41+,45?;/m0./s1. The van der Waals surface area contributed by atoms with Gasteiger partial charge in [0, 0.05) is 60.0 Å². The van der Waals surface area contributed by atoms with Crippen LogP contribution in [0.4, 0.5) is 11.4 Å². The molecule has 9 heterocycles. The third kappa shape index (κ3) is 2.81. The molecule has 9 aliphatic heterocycles. The second kappa shape index (κ2) is 9.08. The van der Waals surface area contributed by atoms with Crippen LogP contribution < -0.4 is 26.8 Å². The lowest BCUT2D eigenvalue weighted by Gasteiger charge is -2.65. The van der Waals surface area contributed by atoms with Crippen LogP contribution in [0.5, 0.6) is 0 Å². The van der Waals surface area contributed by atoms with Crippen molar-refractivity contribution in [2.45, 2.75) is 73.1 Å². The zero-order chi connectivity index (χ0) is 30.4. The highest BCUT2D eigenvalue weighted by Gasteiger charge is 2.79. The monoisotopic (exact) mass is 704 g/mol. The van der Waals surface area contributed by atoms with E-state index in [0.29, 0.717) is 47.8 Å². The SMILES string of the molecule is C=CC[N+]12CC[C@@]34c5ccccc5N5[C@@H]6OCC=C7CN8CC[C@]9%10c%11ccccc%11N([C@@H]%11OCC=C(C1)[C@H](C[C@@H]32)[C@@H]%11[C@H]54)[C@H]9[C@H]6[C@H]7C[C@H]8%10.[Br-]. The number of nitrogens with zero attached hydrogens (tertiary/aromatic N) is 4. The van der Waals surface area contributed by atoms with Gasteiger partial charge in [0.05, 0.1) is 43.8 Å². The molecule has 0 amide bonds. The summed E-state index contributed by atoms with van der Waals surface area (Å²) < 4.78 is 16.1. The number of rotatable bonds is 2. The summed E-state index contributed by atoms with van der Waals surface area (Å²) in [7, 11) is 0. The first-order valence-electron chi connectivity index (χ1n) is 18.8. The van der Waals surface area contributed by atoms with Gasteiger partial charge in [-0.15, -0.1) is 0 Å². The maximum Gasteiger partial charge on any atom is 0.136 e. The summed E-state index contributed by atoms with van der Waals surface area (Å²) in [4.78, 5) is 8.80. The highest BCUT2D eigenvalue weighted by molar-refractivity contribution is 5.72. The number of anilines is 2. The van der Waals surface area contributed by atoms with Gasteiger partial charge in [-0.05, 0) is 60.2 Å². The smallest absolute Gasteiger partial charge is 0.136 e. The maximum absolute atomic E-state index is 7.45. The van der Waals surface area contributed by atoms with Crippen LogP contribution in [0.1, 0.15) is 36.8 Å². The molecule has 0 aromatic heterocycles. The predicted octanol–water partition coefficient (Wildman–Crippen LogP) is 1.97. The van der Waals surface area contributed by atoms with Gasteiger partial charge in [0.25, 0.3) is 0 Å². The lowest BCUT2D eigenvalue weighted by molar-refractivity contribution is -0.937. The molecule has 0 N–H and O–H groups in total. The maximum atomic E-state index is 7.45. The molecule has 248 valence electrons. The fourth-order valence-corrected chi connectivity index (χ4v) is 15.4. The fourth-order valence-electron chi connectivity index (χ4n) is 15.4. The second-order valence-electron chi connectivity index (χ2n) is 17.2. The summed E-state index contributed by atoms with van der Waals surface area (Å²) in [5.41, 5.74) is 9.76. The third-order valence-corrected chi connectivity index (χ3v) is 16.5. The van der Waals surface area contributed by atoms with Gasteiger partial charge in [-0.2, -0.15) is 0 Å². The van der Waals surface area contributed by atoms with Crippen LogP contribution in [0.15, 0.2) is 84.5 Å². The normalized spacial score (nSPS) is 48.6. The summed E-state index contributed by atoms with van der Waals surface area (Å²) in [6.07, 6.45) is 12.5. The number of halogens is 1. The van der Waals surface area contributed by atoms with E-state index < -0.39 is 0 Å². The molecule has 2 aromatic rings. The minimum atomic E-state index is 0. The Morgan fingerprint density at radius 1 is 0.812 bits per heavy atom. The molecule has 5 saturated heterocycles. The van der Waals surface area contributed by atoms with Crippen molar-refractivity contribution < 1.29 is 30.9 Å². The summed E-state index contributed by atoms with van der Waals surface area (Å²) in [6.45, 7) is 11.6. The van der Waals surface area contributed by atoms with Crippen molar-refractivity contribution in [2.24, 2.45) is 23.7 Å². The van der Waals surface area contributed by atoms with Crippen molar-refractivity contribution in [3.05, 3.63) is 95.6 Å². The van der Waals surface area contributed by atoms with E-state index in [4.69, 9.17) is 9.47 Å². The highest BCUT2D eigenvalue weighted by atomic mass is 79.9. The van der Waals surface area contributed by atoms with E-state index in [0.717, 1.165) is 26.3 Å². The van der Waals surface area contributed by atoms with Crippen molar-refractivity contribution in [1.29, 1.82) is 0 Å². The van der Waals surface area contributed by atoms with Crippen LogP contribution in [0.2, 0.25) is 0 Å². The first-order valence-corrected chi connectivity index (χ1v) is 18.8. The zero-order valence-corrected chi connectivity index (χ0v) is 29.2. The van der Waals surface area contributed by atoms with Crippen molar-refractivity contribution in [1.82, 2.24) is 4.90 Å². The quantitative estimate of drug-likeness (QED) is 0.353. The number of piperidine rings is 2. The van der Waals surface area contributed by atoms with E-state index in [9.17, 15) is 0 Å². The Hall–Kier alpha value is -2.42. The van der Waals surface area contributed by atoms with Crippen LogP contribution in [-0.2, 0) is 20.3 Å². The van der Waals surface area contributed by atoms with Crippen molar-refractivity contribution in [3.8, 4) is 0 Å². The summed E-state index contributed by atoms with van der Waals surface area (Å²) in [6, 6.07) is 21.3. The van der Waals surface area contributed by atoms with E-state index in [-0.39, 0.29) is 40.3 Å². The second-order valence-corrected chi connectivity index (χ2v) is 17.2. The molecule has 11 aliphatic rings. The average Bonchev–Trinajstić information content (AvgIpc) is 3.73. The molecule has 2 aromatic carbocycles. The number of para-hydroxylation sites is 2. The summed E-state index contributed by atoms with van der Waals surface area (Å²) in [5, 5.41) is 0. The molecular weight excluding hydrogens is 660 g/mol. The number of fused-ring (bicyclic) bond motifs is 6.